The summed E-state index contributed by atoms with van der Waals surface area (Å²) in [4.78, 5) is 0.633. The van der Waals surface area contributed by atoms with E-state index in [-0.39, 0.29) is 5.92 Å². The van der Waals surface area contributed by atoms with E-state index < -0.39 is 30.8 Å². The van der Waals surface area contributed by atoms with Crippen molar-refractivity contribution in [2.24, 2.45) is 0 Å². The van der Waals surface area contributed by atoms with E-state index >= 15 is 0 Å². The van der Waals surface area contributed by atoms with E-state index in [1.54, 1.807) is 18.2 Å². The largest absolute Gasteiger partial charge is 0.600 e. The normalized spacial score (nSPS) is 17.3. The Bertz CT molecular complexity index is 634. The van der Waals surface area contributed by atoms with Gasteiger partial charge in [0.05, 0.1) is 10.5 Å². The van der Waals surface area contributed by atoms with Crippen molar-refractivity contribution in [1.29, 1.82) is 0 Å². The molecule has 1 aromatic heterocycles. The van der Waals surface area contributed by atoms with Crippen molar-refractivity contribution < 1.29 is 40.6 Å². The monoisotopic (exact) mass is 412 g/mol. The van der Waals surface area contributed by atoms with Gasteiger partial charge in [-0.25, -0.2) is 0 Å². The van der Waals surface area contributed by atoms with Crippen LogP contribution in [0.1, 0.15) is 42.9 Å². The molecule has 1 heterocycles. The summed E-state index contributed by atoms with van der Waals surface area (Å²) in [5, 5.41) is 0.767. The molecule has 2 aromatic rings. The fourth-order valence-corrected chi connectivity index (χ4v) is 5.22. The molecule has 0 radical (unpaired) electrons. The van der Waals surface area contributed by atoms with Gasteiger partial charge in [-0.15, -0.1) is 13.2 Å². The standard InChI is InChI=1S/C15H16F3S.BrO3/c16-15(17,18)19-13-9-5-4-8-12(13)10-14(19)11-6-2-1-3-7-11;2-1(3)4/h4-5,8-11H,1-3,6-7H2;/q+1;-1. The summed E-state index contributed by atoms with van der Waals surface area (Å²) in [6.07, 6.45) is 5.12. The molecule has 1 aliphatic rings. The molecule has 1 atom stereocenters. The Morgan fingerprint density at radius 3 is 2.13 bits per heavy atom. The predicted octanol–water partition coefficient (Wildman–Crippen LogP) is 2.55. The lowest BCUT2D eigenvalue weighted by molar-refractivity contribution is -1.73. The van der Waals surface area contributed by atoms with Crippen LogP contribution >= 0.6 is 10.5 Å². The average molecular weight is 413 g/mol. The summed E-state index contributed by atoms with van der Waals surface area (Å²) >= 11 is -3.65. The Labute approximate surface area is 140 Å². The first-order valence-electron chi connectivity index (χ1n) is 7.15. The molecule has 1 fully saturated rings. The van der Waals surface area contributed by atoms with Crippen molar-refractivity contribution in [2.75, 3.05) is 0 Å². The SMILES string of the molecule is FC(F)(F)[s+]1c(C2CCCCC2)cc2ccccc21.[O-][Br+2]([O-])[O-]. The molecule has 0 spiro atoms. The van der Waals surface area contributed by atoms with Crippen molar-refractivity contribution in [3.05, 3.63) is 35.2 Å². The zero-order valence-electron chi connectivity index (χ0n) is 12.1. The van der Waals surface area contributed by atoms with Crippen molar-refractivity contribution in [3.63, 3.8) is 0 Å². The third-order valence-corrected chi connectivity index (χ3v) is 6.11. The topological polar surface area (TPSA) is 69.2 Å². The fraction of sp³-hybridized carbons (Fsp3) is 0.467. The molecule has 1 aliphatic carbocycles. The molecule has 0 N–H and O–H groups in total. The third kappa shape index (κ3) is 4.90. The molecule has 0 saturated heterocycles. The highest BCUT2D eigenvalue weighted by Gasteiger charge is 2.49. The van der Waals surface area contributed by atoms with Gasteiger partial charge in [0.15, 0.2) is 9.58 Å². The summed E-state index contributed by atoms with van der Waals surface area (Å²) in [5.41, 5.74) is -4.14. The molecular formula is C15H16BrF3O3S. The minimum absolute atomic E-state index is 0.131. The zero-order chi connectivity index (χ0) is 17.0. The number of hydrogen-bond acceptors (Lipinski definition) is 3. The maximum absolute atomic E-state index is 13.4. The Kier molecular flexibility index (Phi) is 6.44. The molecule has 8 heteroatoms. The highest BCUT2D eigenvalue weighted by Crippen LogP contribution is 2.54. The lowest BCUT2D eigenvalue weighted by Gasteiger charge is -2.18. The van der Waals surface area contributed by atoms with Gasteiger partial charge in [-0.3, -0.25) is 0 Å². The van der Waals surface area contributed by atoms with Gasteiger partial charge in [0.2, 0.25) is 14.8 Å². The van der Waals surface area contributed by atoms with Crippen molar-refractivity contribution in [2.45, 2.75) is 43.5 Å². The Morgan fingerprint density at radius 2 is 1.57 bits per heavy atom. The van der Waals surface area contributed by atoms with Crippen LogP contribution in [0.5, 0.6) is 0 Å². The molecule has 1 saturated carbocycles. The van der Waals surface area contributed by atoms with Gasteiger partial charge in [0.1, 0.15) is 0 Å². The first kappa shape index (κ1) is 18.7. The van der Waals surface area contributed by atoms with Crippen LogP contribution in [0.2, 0.25) is 0 Å². The van der Waals surface area contributed by atoms with E-state index in [2.05, 4.69) is 0 Å². The third-order valence-electron chi connectivity index (χ3n) is 3.91. The Morgan fingerprint density at radius 1 is 1.00 bits per heavy atom. The van der Waals surface area contributed by atoms with Crippen LogP contribution in [-0.4, -0.2) is 0 Å². The summed E-state index contributed by atoms with van der Waals surface area (Å²) in [5.74, 6) is 0.131. The molecule has 3 rings (SSSR count). The minimum atomic E-state index is -4.14. The molecular weight excluding hydrogens is 397 g/mol. The second kappa shape index (κ2) is 7.94. The van der Waals surface area contributed by atoms with Crippen molar-refractivity contribution in [1.82, 2.24) is 0 Å². The number of thiophene rings is 1. The van der Waals surface area contributed by atoms with Crippen LogP contribution in [-0.2, 0) is 5.51 Å². The Hall–Kier alpha value is -0.670. The van der Waals surface area contributed by atoms with Gasteiger partial charge in [-0.05, 0) is 25.0 Å². The van der Waals surface area contributed by atoms with Gasteiger partial charge >= 0.3 is 5.51 Å². The van der Waals surface area contributed by atoms with E-state index in [4.69, 9.17) is 12.6 Å². The second-order valence-electron chi connectivity index (χ2n) is 5.36. The van der Waals surface area contributed by atoms with E-state index in [1.165, 1.54) is 0 Å². The van der Waals surface area contributed by atoms with E-state index in [9.17, 15) is 13.2 Å². The highest BCUT2D eigenvalue weighted by atomic mass is 80.0. The summed E-state index contributed by atoms with van der Waals surface area (Å²) in [7, 11) is -1.69. The van der Waals surface area contributed by atoms with Crippen LogP contribution in [0, 0.1) is 14.8 Å². The highest BCUT2D eigenvalue weighted by molar-refractivity contribution is 7.38. The number of alkyl halides is 3. The average Bonchev–Trinajstić information content (AvgIpc) is 2.87. The van der Waals surface area contributed by atoms with E-state index in [0.29, 0.717) is 9.58 Å². The molecule has 1 aromatic carbocycles. The smallest absolute Gasteiger partial charge is 0.405 e. The van der Waals surface area contributed by atoms with Gasteiger partial charge in [0, 0.05) is 17.4 Å². The number of halogens is 4. The number of hydrogen-bond donors (Lipinski definition) is 0. The van der Waals surface area contributed by atoms with E-state index in [1.807, 2.05) is 12.1 Å². The number of fused-ring (bicyclic) bond motifs is 1. The summed E-state index contributed by atoms with van der Waals surface area (Å²) in [6, 6.07) is 8.77. The molecule has 23 heavy (non-hydrogen) atoms. The first-order chi connectivity index (χ1) is 10.8. The lowest BCUT2D eigenvalue weighted by atomic mass is 9.88. The second-order valence-corrected chi connectivity index (χ2v) is 8.14. The maximum atomic E-state index is 13.4. The minimum Gasteiger partial charge on any atom is -0.405 e. The zero-order valence-corrected chi connectivity index (χ0v) is 14.5. The summed E-state index contributed by atoms with van der Waals surface area (Å²) in [6.45, 7) is 0. The van der Waals surface area contributed by atoms with Gasteiger partial charge in [-0.2, -0.15) is 0 Å². The fourth-order valence-electron chi connectivity index (χ4n) is 3.05. The Balaban J connectivity index is 0.000000433. The van der Waals surface area contributed by atoms with Gasteiger partial charge in [0.25, 0.3) is 0 Å². The molecule has 0 amide bonds. The molecule has 3 nitrogen and oxygen atoms in total. The van der Waals surface area contributed by atoms with Crippen molar-refractivity contribution in [3.8, 4) is 0 Å². The number of rotatable bonds is 1. The quantitative estimate of drug-likeness (QED) is 0.675. The van der Waals surface area contributed by atoms with Crippen molar-refractivity contribution >= 4 is 20.6 Å². The number of benzene rings is 1. The predicted molar refractivity (Wildman–Crippen MR) is 73.6 cm³/mol. The van der Waals surface area contributed by atoms with Gasteiger partial charge in [-0.1, -0.05) is 31.4 Å². The molecule has 0 bridgehead atoms. The van der Waals surface area contributed by atoms with Crippen LogP contribution in [0.25, 0.3) is 10.1 Å². The van der Waals surface area contributed by atoms with Crippen LogP contribution in [0.3, 0.4) is 0 Å². The molecule has 128 valence electrons. The van der Waals surface area contributed by atoms with E-state index in [0.717, 1.165) is 37.5 Å². The summed E-state index contributed by atoms with van der Waals surface area (Å²) < 4.78 is 66.3. The van der Waals surface area contributed by atoms with Crippen LogP contribution in [0.15, 0.2) is 30.3 Å². The van der Waals surface area contributed by atoms with Crippen LogP contribution in [0.4, 0.5) is 13.2 Å². The van der Waals surface area contributed by atoms with Crippen LogP contribution < -0.4 is 12.6 Å². The first-order valence-corrected chi connectivity index (χ1v) is 10.3. The molecule has 1 unspecified atom stereocenters. The maximum Gasteiger partial charge on any atom is 0.600 e. The van der Waals surface area contributed by atoms with Gasteiger partial charge < -0.3 is 12.6 Å². The lowest BCUT2D eigenvalue weighted by Crippen LogP contribution is -2.42. The molecule has 0 aliphatic heterocycles.